The molecule has 2 aliphatic rings. The SMILES string of the molecule is Cc1cc(C)nc(SCC(=O)N2CC3CCC(N)C3C2)n1. The molecule has 1 aliphatic heterocycles. The van der Waals surface area contributed by atoms with Gasteiger partial charge in [-0.05, 0) is 44.6 Å². The molecule has 0 bridgehead atoms. The van der Waals surface area contributed by atoms with Crippen molar-refractivity contribution in [1.29, 1.82) is 0 Å². The van der Waals surface area contributed by atoms with Crippen LogP contribution in [0.15, 0.2) is 11.2 Å². The molecule has 1 aliphatic carbocycles. The number of hydrogen-bond donors (Lipinski definition) is 1. The summed E-state index contributed by atoms with van der Waals surface area (Å²) in [6.45, 7) is 5.61. The predicted molar refractivity (Wildman–Crippen MR) is 83.0 cm³/mol. The maximum absolute atomic E-state index is 12.3. The lowest BCUT2D eigenvalue weighted by atomic mass is 9.98. The normalized spacial score (nSPS) is 28.0. The lowest BCUT2D eigenvalue weighted by Crippen LogP contribution is -2.34. The van der Waals surface area contributed by atoms with Crippen LogP contribution in [-0.2, 0) is 4.79 Å². The highest BCUT2D eigenvalue weighted by atomic mass is 32.2. The van der Waals surface area contributed by atoms with Crippen molar-refractivity contribution >= 4 is 17.7 Å². The van der Waals surface area contributed by atoms with Crippen LogP contribution in [0.4, 0.5) is 0 Å². The van der Waals surface area contributed by atoms with Crippen LogP contribution in [0.3, 0.4) is 0 Å². The second-order valence-corrected chi connectivity index (χ2v) is 7.13. The summed E-state index contributed by atoms with van der Waals surface area (Å²) in [4.78, 5) is 23.0. The van der Waals surface area contributed by atoms with Gasteiger partial charge >= 0.3 is 0 Å². The van der Waals surface area contributed by atoms with Gasteiger partial charge in [-0.15, -0.1) is 0 Å². The molecule has 2 N–H and O–H groups in total. The Bertz CT molecular complexity index is 530. The molecule has 2 fully saturated rings. The molecule has 0 radical (unpaired) electrons. The third kappa shape index (κ3) is 3.21. The third-order valence-corrected chi connectivity index (χ3v) is 5.38. The molecule has 3 rings (SSSR count). The predicted octanol–water partition coefficient (Wildman–Crippen LogP) is 1.38. The van der Waals surface area contributed by atoms with Gasteiger partial charge in [0.05, 0.1) is 5.75 Å². The van der Waals surface area contributed by atoms with Gasteiger partial charge < -0.3 is 10.6 Å². The number of rotatable bonds is 3. The van der Waals surface area contributed by atoms with Crippen LogP contribution in [0.2, 0.25) is 0 Å². The Morgan fingerprint density at radius 1 is 1.33 bits per heavy atom. The number of fused-ring (bicyclic) bond motifs is 1. The largest absolute Gasteiger partial charge is 0.341 e. The van der Waals surface area contributed by atoms with E-state index in [1.54, 1.807) is 0 Å². The van der Waals surface area contributed by atoms with E-state index in [0.29, 0.717) is 22.7 Å². The second-order valence-electron chi connectivity index (χ2n) is 6.19. The molecule has 3 atom stereocenters. The van der Waals surface area contributed by atoms with Crippen molar-refractivity contribution in [3.8, 4) is 0 Å². The van der Waals surface area contributed by atoms with Gasteiger partial charge in [-0.1, -0.05) is 11.8 Å². The van der Waals surface area contributed by atoms with E-state index >= 15 is 0 Å². The Morgan fingerprint density at radius 3 is 2.71 bits per heavy atom. The second kappa shape index (κ2) is 5.93. The van der Waals surface area contributed by atoms with E-state index < -0.39 is 0 Å². The molecule has 1 saturated heterocycles. The highest BCUT2D eigenvalue weighted by Crippen LogP contribution is 2.37. The van der Waals surface area contributed by atoms with Crippen molar-refractivity contribution in [3.63, 3.8) is 0 Å². The third-order valence-electron chi connectivity index (χ3n) is 4.55. The summed E-state index contributed by atoms with van der Waals surface area (Å²) in [5.74, 6) is 1.73. The monoisotopic (exact) mass is 306 g/mol. The number of carbonyl (C=O) groups is 1. The molecular formula is C15H22N4OS. The number of aromatic nitrogens is 2. The Hall–Kier alpha value is -1.14. The van der Waals surface area contributed by atoms with Crippen LogP contribution in [-0.4, -0.2) is 45.7 Å². The summed E-state index contributed by atoms with van der Waals surface area (Å²) in [5, 5.41) is 0.692. The molecule has 0 aromatic carbocycles. The lowest BCUT2D eigenvalue weighted by molar-refractivity contribution is -0.127. The Morgan fingerprint density at radius 2 is 2.05 bits per heavy atom. The number of nitrogens with zero attached hydrogens (tertiary/aromatic N) is 3. The highest BCUT2D eigenvalue weighted by molar-refractivity contribution is 7.99. The van der Waals surface area contributed by atoms with Crippen molar-refractivity contribution in [1.82, 2.24) is 14.9 Å². The number of amides is 1. The summed E-state index contributed by atoms with van der Waals surface area (Å²) >= 11 is 1.43. The van der Waals surface area contributed by atoms with E-state index in [1.165, 1.54) is 18.2 Å². The first-order chi connectivity index (χ1) is 10.0. The minimum absolute atomic E-state index is 0.185. The van der Waals surface area contributed by atoms with Gasteiger partial charge in [0.1, 0.15) is 0 Å². The first-order valence-electron chi connectivity index (χ1n) is 7.51. The molecule has 5 nitrogen and oxygen atoms in total. The number of likely N-dealkylation sites (tertiary alicyclic amines) is 1. The van der Waals surface area contributed by atoms with Crippen molar-refractivity contribution < 1.29 is 4.79 Å². The van der Waals surface area contributed by atoms with Crippen LogP contribution >= 0.6 is 11.8 Å². The summed E-state index contributed by atoms with van der Waals surface area (Å²) in [5.41, 5.74) is 8.00. The van der Waals surface area contributed by atoms with Crippen molar-refractivity contribution in [2.24, 2.45) is 17.6 Å². The molecule has 0 spiro atoms. The van der Waals surface area contributed by atoms with Crippen molar-refractivity contribution in [2.75, 3.05) is 18.8 Å². The van der Waals surface area contributed by atoms with E-state index in [0.717, 1.165) is 30.9 Å². The quantitative estimate of drug-likeness (QED) is 0.675. The average Bonchev–Trinajstić information content (AvgIpc) is 2.98. The fourth-order valence-corrected chi connectivity index (χ4v) is 4.34. The zero-order chi connectivity index (χ0) is 15.0. The first kappa shape index (κ1) is 14.8. The van der Waals surface area contributed by atoms with Gasteiger partial charge in [-0.2, -0.15) is 0 Å². The summed E-state index contributed by atoms with van der Waals surface area (Å²) in [6.07, 6.45) is 2.28. The van der Waals surface area contributed by atoms with E-state index in [1.807, 2.05) is 24.8 Å². The van der Waals surface area contributed by atoms with Gasteiger partial charge in [-0.3, -0.25) is 4.79 Å². The van der Waals surface area contributed by atoms with Crippen molar-refractivity contribution in [3.05, 3.63) is 17.5 Å². The Balaban J connectivity index is 1.55. The minimum atomic E-state index is 0.185. The summed E-state index contributed by atoms with van der Waals surface area (Å²) in [6, 6.07) is 2.22. The summed E-state index contributed by atoms with van der Waals surface area (Å²) in [7, 11) is 0. The van der Waals surface area contributed by atoms with Crippen LogP contribution < -0.4 is 5.73 Å². The maximum Gasteiger partial charge on any atom is 0.233 e. The molecular weight excluding hydrogens is 284 g/mol. The molecule has 1 aromatic rings. The number of nitrogens with two attached hydrogens (primary N) is 1. The Kier molecular flexibility index (Phi) is 4.17. The number of carbonyl (C=O) groups excluding carboxylic acids is 1. The van der Waals surface area contributed by atoms with Crippen molar-refractivity contribution in [2.45, 2.75) is 37.9 Å². The average molecular weight is 306 g/mol. The zero-order valence-corrected chi connectivity index (χ0v) is 13.4. The van der Waals surface area contributed by atoms with Gasteiger partial charge in [0.2, 0.25) is 5.91 Å². The standard InChI is InChI=1S/C15H22N4OS/c1-9-5-10(2)18-15(17-9)21-8-14(20)19-6-11-3-4-13(16)12(11)7-19/h5,11-13H,3-4,6-8,16H2,1-2H3. The van der Waals surface area contributed by atoms with Crippen LogP contribution in [0, 0.1) is 25.7 Å². The highest BCUT2D eigenvalue weighted by Gasteiger charge is 2.42. The van der Waals surface area contributed by atoms with E-state index in [2.05, 4.69) is 9.97 Å². The molecule has 114 valence electrons. The van der Waals surface area contributed by atoms with E-state index in [9.17, 15) is 4.79 Å². The molecule has 1 saturated carbocycles. The van der Waals surface area contributed by atoms with Crippen LogP contribution in [0.1, 0.15) is 24.2 Å². The topological polar surface area (TPSA) is 72.1 Å². The van der Waals surface area contributed by atoms with Crippen LogP contribution in [0.5, 0.6) is 0 Å². The molecule has 2 heterocycles. The smallest absolute Gasteiger partial charge is 0.233 e. The minimum Gasteiger partial charge on any atom is -0.341 e. The van der Waals surface area contributed by atoms with E-state index in [-0.39, 0.29) is 11.9 Å². The Labute approximate surface area is 129 Å². The van der Waals surface area contributed by atoms with Gasteiger partial charge in [0.25, 0.3) is 0 Å². The lowest BCUT2D eigenvalue weighted by Gasteiger charge is -2.18. The van der Waals surface area contributed by atoms with Gasteiger partial charge in [0, 0.05) is 30.5 Å². The number of hydrogen-bond acceptors (Lipinski definition) is 5. The number of thioether (sulfide) groups is 1. The maximum atomic E-state index is 12.3. The first-order valence-corrected chi connectivity index (χ1v) is 8.50. The fourth-order valence-electron chi connectivity index (χ4n) is 3.49. The molecule has 3 unspecified atom stereocenters. The van der Waals surface area contributed by atoms with Gasteiger partial charge in [0.15, 0.2) is 5.16 Å². The van der Waals surface area contributed by atoms with Crippen LogP contribution in [0.25, 0.3) is 0 Å². The van der Waals surface area contributed by atoms with E-state index in [4.69, 9.17) is 5.73 Å². The molecule has 1 amide bonds. The summed E-state index contributed by atoms with van der Waals surface area (Å²) < 4.78 is 0. The number of aryl methyl sites for hydroxylation is 2. The molecule has 6 heteroatoms. The fraction of sp³-hybridized carbons (Fsp3) is 0.667. The molecule has 1 aromatic heterocycles. The zero-order valence-electron chi connectivity index (χ0n) is 12.6. The molecule has 21 heavy (non-hydrogen) atoms. The van der Waals surface area contributed by atoms with Gasteiger partial charge in [-0.25, -0.2) is 9.97 Å².